The number of hydrogen-bond donors (Lipinski definition) is 1. The summed E-state index contributed by atoms with van der Waals surface area (Å²) >= 11 is 1.84. The molecule has 2 heterocycles. The first-order chi connectivity index (χ1) is 7.31. The van der Waals surface area contributed by atoms with E-state index in [0.717, 1.165) is 18.7 Å². The Morgan fingerprint density at radius 3 is 3.20 bits per heavy atom. The number of aromatic nitrogens is 1. The largest absolute Gasteiger partial charge is 0.377 e. The van der Waals surface area contributed by atoms with Crippen LogP contribution < -0.4 is 5.73 Å². The van der Waals surface area contributed by atoms with E-state index in [0.29, 0.717) is 17.9 Å². The van der Waals surface area contributed by atoms with Crippen LogP contribution in [0.4, 0.5) is 0 Å². The fourth-order valence-electron chi connectivity index (χ4n) is 1.71. The third kappa shape index (κ3) is 2.51. The lowest BCUT2D eigenvalue weighted by Crippen LogP contribution is -2.14. The van der Waals surface area contributed by atoms with Gasteiger partial charge >= 0.3 is 0 Å². The molecule has 3 nitrogen and oxygen atoms in total. The van der Waals surface area contributed by atoms with Crippen LogP contribution in [0.15, 0.2) is 23.2 Å². The zero-order valence-electron chi connectivity index (χ0n) is 8.85. The fourth-order valence-corrected chi connectivity index (χ4v) is 2.95. The van der Waals surface area contributed by atoms with Gasteiger partial charge in [-0.05, 0) is 25.5 Å². The van der Waals surface area contributed by atoms with Gasteiger partial charge in [-0.15, -0.1) is 11.8 Å². The van der Waals surface area contributed by atoms with Crippen LogP contribution in [0.3, 0.4) is 0 Å². The number of ether oxygens (including phenoxy) is 1. The van der Waals surface area contributed by atoms with Crippen LogP contribution in [0.1, 0.15) is 19.0 Å². The van der Waals surface area contributed by atoms with Crippen LogP contribution in [0.25, 0.3) is 0 Å². The van der Waals surface area contributed by atoms with Gasteiger partial charge in [-0.2, -0.15) is 0 Å². The van der Waals surface area contributed by atoms with Gasteiger partial charge in [0.15, 0.2) is 0 Å². The van der Waals surface area contributed by atoms with E-state index in [1.165, 1.54) is 4.90 Å². The minimum atomic E-state index is 0.334. The predicted molar refractivity (Wildman–Crippen MR) is 61.8 cm³/mol. The van der Waals surface area contributed by atoms with Crippen molar-refractivity contribution in [2.45, 2.75) is 36.1 Å². The van der Waals surface area contributed by atoms with E-state index in [2.05, 4.69) is 18.0 Å². The molecule has 0 spiro atoms. The highest BCUT2D eigenvalue weighted by Gasteiger charge is 2.25. The van der Waals surface area contributed by atoms with Crippen molar-refractivity contribution >= 4 is 11.8 Å². The lowest BCUT2D eigenvalue weighted by Gasteiger charge is -2.14. The molecule has 0 saturated carbocycles. The van der Waals surface area contributed by atoms with Crippen LogP contribution in [0.5, 0.6) is 0 Å². The minimum Gasteiger partial charge on any atom is -0.377 e. The molecule has 1 aliphatic rings. The topological polar surface area (TPSA) is 48.1 Å². The third-order valence-electron chi connectivity index (χ3n) is 2.63. The Morgan fingerprint density at radius 2 is 2.53 bits per heavy atom. The molecule has 1 aromatic heterocycles. The van der Waals surface area contributed by atoms with E-state index < -0.39 is 0 Å². The van der Waals surface area contributed by atoms with Gasteiger partial charge in [0.25, 0.3) is 0 Å². The molecule has 0 radical (unpaired) electrons. The van der Waals surface area contributed by atoms with Crippen molar-refractivity contribution in [2.24, 2.45) is 5.73 Å². The maximum Gasteiger partial charge on any atom is 0.0675 e. The van der Waals surface area contributed by atoms with Crippen LogP contribution in [-0.2, 0) is 11.3 Å². The molecule has 2 atom stereocenters. The second-order valence-corrected chi connectivity index (χ2v) is 4.95. The normalized spacial score (nSPS) is 25.7. The SMILES string of the molecule is CC1OCCC1Sc1cccnc1CN. The monoisotopic (exact) mass is 224 g/mol. The molecule has 1 saturated heterocycles. The summed E-state index contributed by atoms with van der Waals surface area (Å²) in [6.07, 6.45) is 3.24. The van der Waals surface area contributed by atoms with Crippen molar-refractivity contribution in [1.29, 1.82) is 0 Å². The molecule has 2 N–H and O–H groups in total. The number of nitrogens with two attached hydrogens (primary N) is 1. The standard InChI is InChI=1S/C11H16N2OS/c1-8-10(4-6-14-8)15-11-3-2-5-13-9(11)7-12/h2-3,5,8,10H,4,6-7,12H2,1H3. The molecule has 1 aliphatic heterocycles. The third-order valence-corrected chi connectivity index (χ3v) is 4.17. The van der Waals surface area contributed by atoms with Crippen LogP contribution in [0, 0.1) is 0 Å². The van der Waals surface area contributed by atoms with E-state index in [9.17, 15) is 0 Å². The van der Waals surface area contributed by atoms with Gasteiger partial charge in [0, 0.05) is 29.5 Å². The van der Waals surface area contributed by atoms with Gasteiger partial charge in [0.05, 0.1) is 11.8 Å². The Kier molecular flexibility index (Phi) is 3.61. The molecule has 0 amide bonds. The number of pyridine rings is 1. The zero-order chi connectivity index (χ0) is 10.7. The first-order valence-electron chi connectivity index (χ1n) is 5.23. The van der Waals surface area contributed by atoms with Gasteiger partial charge in [-0.3, -0.25) is 4.98 Å². The van der Waals surface area contributed by atoms with Crippen molar-refractivity contribution in [2.75, 3.05) is 6.61 Å². The molecule has 0 aliphatic carbocycles. The average molecular weight is 224 g/mol. The van der Waals surface area contributed by atoms with Crippen molar-refractivity contribution < 1.29 is 4.74 Å². The summed E-state index contributed by atoms with van der Waals surface area (Å²) in [5, 5.41) is 0.541. The van der Waals surface area contributed by atoms with Crippen molar-refractivity contribution in [3.8, 4) is 0 Å². The average Bonchev–Trinajstić information content (AvgIpc) is 2.65. The first-order valence-corrected chi connectivity index (χ1v) is 6.11. The van der Waals surface area contributed by atoms with Crippen molar-refractivity contribution in [3.63, 3.8) is 0 Å². The van der Waals surface area contributed by atoms with Crippen LogP contribution >= 0.6 is 11.8 Å². The van der Waals surface area contributed by atoms with E-state index >= 15 is 0 Å². The van der Waals surface area contributed by atoms with Gasteiger partial charge in [0.2, 0.25) is 0 Å². The first kappa shape index (κ1) is 10.9. The highest BCUT2D eigenvalue weighted by Crippen LogP contribution is 2.33. The summed E-state index contributed by atoms with van der Waals surface area (Å²) in [7, 11) is 0. The van der Waals surface area contributed by atoms with Crippen LogP contribution in [0.2, 0.25) is 0 Å². The number of hydrogen-bond acceptors (Lipinski definition) is 4. The number of nitrogens with zero attached hydrogens (tertiary/aromatic N) is 1. The number of thioether (sulfide) groups is 1. The molecule has 15 heavy (non-hydrogen) atoms. The van der Waals surface area contributed by atoms with Crippen molar-refractivity contribution in [3.05, 3.63) is 24.0 Å². The summed E-state index contributed by atoms with van der Waals surface area (Å²) in [6, 6.07) is 4.05. The Morgan fingerprint density at radius 1 is 1.67 bits per heavy atom. The second-order valence-electron chi connectivity index (χ2n) is 3.67. The van der Waals surface area contributed by atoms with Crippen LogP contribution in [-0.4, -0.2) is 22.9 Å². The lowest BCUT2D eigenvalue weighted by molar-refractivity contribution is 0.127. The molecular weight excluding hydrogens is 208 g/mol. The Balaban J connectivity index is 2.09. The van der Waals surface area contributed by atoms with E-state index in [1.54, 1.807) is 6.20 Å². The maximum absolute atomic E-state index is 5.65. The molecule has 2 rings (SSSR count). The Labute approximate surface area is 94.4 Å². The van der Waals surface area contributed by atoms with Gasteiger partial charge in [-0.25, -0.2) is 0 Å². The maximum atomic E-state index is 5.65. The fraction of sp³-hybridized carbons (Fsp3) is 0.545. The lowest BCUT2D eigenvalue weighted by atomic mass is 10.3. The Bertz CT molecular complexity index is 332. The highest BCUT2D eigenvalue weighted by atomic mass is 32.2. The number of rotatable bonds is 3. The van der Waals surface area contributed by atoms with E-state index in [1.807, 2.05) is 17.8 Å². The molecule has 82 valence electrons. The van der Waals surface area contributed by atoms with Gasteiger partial charge < -0.3 is 10.5 Å². The molecule has 0 bridgehead atoms. The summed E-state index contributed by atoms with van der Waals surface area (Å²) in [6.45, 7) is 3.51. The summed E-state index contributed by atoms with van der Waals surface area (Å²) in [4.78, 5) is 5.47. The molecule has 4 heteroatoms. The van der Waals surface area contributed by atoms with E-state index in [-0.39, 0.29) is 0 Å². The predicted octanol–water partition coefficient (Wildman–Crippen LogP) is 1.81. The van der Waals surface area contributed by atoms with Gasteiger partial charge in [-0.1, -0.05) is 0 Å². The molecule has 0 aromatic carbocycles. The Hall–Kier alpha value is -0.580. The molecule has 2 unspecified atom stereocenters. The van der Waals surface area contributed by atoms with Gasteiger partial charge in [0.1, 0.15) is 0 Å². The van der Waals surface area contributed by atoms with Crippen molar-refractivity contribution in [1.82, 2.24) is 4.98 Å². The minimum absolute atomic E-state index is 0.334. The second kappa shape index (κ2) is 4.96. The molecule has 1 aromatic rings. The van der Waals surface area contributed by atoms with E-state index in [4.69, 9.17) is 10.5 Å². The summed E-state index contributed by atoms with van der Waals surface area (Å²) < 4.78 is 5.54. The summed E-state index contributed by atoms with van der Waals surface area (Å²) in [5.74, 6) is 0. The summed E-state index contributed by atoms with van der Waals surface area (Å²) in [5.41, 5.74) is 6.64. The quantitative estimate of drug-likeness (QED) is 0.850. The smallest absolute Gasteiger partial charge is 0.0675 e. The zero-order valence-corrected chi connectivity index (χ0v) is 9.67. The molecule has 1 fully saturated rings. The highest BCUT2D eigenvalue weighted by molar-refractivity contribution is 8.00. The molecular formula is C11H16N2OS.